The molecule has 13 heavy (non-hydrogen) atoms. The highest BCUT2D eigenvalue weighted by Gasteiger charge is 2.04. The van der Waals surface area contributed by atoms with E-state index < -0.39 is 0 Å². The van der Waals surface area contributed by atoms with Gasteiger partial charge in [0.2, 0.25) is 0 Å². The molecule has 0 aliphatic heterocycles. The van der Waals surface area contributed by atoms with E-state index in [1.807, 2.05) is 38.7 Å². The smallest absolute Gasteiger partial charge is 0.0635 e. The molecule has 1 atom stereocenters. The fourth-order valence-corrected chi connectivity index (χ4v) is 1.16. The van der Waals surface area contributed by atoms with Gasteiger partial charge in [-0.2, -0.15) is 5.10 Å². The van der Waals surface area contributed by atoms with Crippen molar-refractivity contribution < 1.29 is 0 Å². The van der Waals surface area contributed by atoms with Gasteiger partial charge in [0.25, 0.3) is 0 Å². The molecule has 0 aliphatic rings. The molecule has 2 nitrogen and oxygen atoms in total. The monoisotopic (exact) mass is 198 g/mol. The summed E-state index contributed by atoms with van der Waals surface area (Å²) in [6, 6.07) is 0. The maximum atomic E-state index is 5.95. The van der Waals surface area contributed by atoms with Crippen LogP contribution in [0.4, 0.5) is 0 Å². The van der Waals surface area contributed by atoms with E-state index in [-0.39, 0.29) is 5.38 Å². The van der Waals surface area contributed by atoms with E-state index in [0.29, 0.717) is 0 Å². The molecule has 0 saturated heterocycles. The second-order valence-corrected chi connectivity index (χ2v) is 4.00. The van der Waals surface area contributed by atoms with Crippen LogP contribution in [0.1, 0.15) is 25.1 Å². The zero-order valence-electron chi connectivity index (χ0n) is 8.50. The van der Waals surface area contributed by atoms with Crippen LogP contribution in [0.25, 0.3) is 6.08 Å². The van der Waals surface area contributed by atoms with Gasteiger partial charge in [-0.05, 0) is 32.4 Å². The van der Waals surface area contributed by atoms with Gasteiger partial charge in [0, 0.05) is 7.05 Å². The number of aromatic nitrogens is 2. The molecule has 0 radical (unpaired) electrons. The standard InChI is InChI=1S/C10H15ClN2/c1-7(9(3)11)5-10-8(2)6-12-13(10)4/h5-6,9H,1-4H3/b7-5+. The molecule has 0 saturated carbocycles. The zero-order chi connectivity index (χ0) is 10.0. The summed E-state index contributed by atoms with van der Waals surface area (Å²) in [6.45, 7) is 6.05. The van der Waals surface area contributed by atoms with E-state index in [1.165, 1.54) is 5.56 Å². The number of allylic oxidation sites excluding steroid dienone is 1. The van der Waals surface area contributed by atoms with Crippen molar-refractivity contribution in [1.29, 1.82) is 0 Å². The molecule has 0 bridgehead atoms. The largest absolute Gasteiger partial charge is 0.268 e. The van der Waals surface area contributed by atoms with Crippen molar-refractivity contribution >= 4 is 17.7 Å². The predicted octanol–water partition coefficient (Wildman–Crippen LogP) is 2.76. The molecule has 0 N–H and O–H groups in total. The van der Waals surface area contributed by atoms with Crippen LogP contribution >= 0.6 is 11.6 Å². The van der Waals surface area contributed by atoms with E-state index in [2.05, 4.69) is 11.2 Å². The number of nitrogens with zero attached hydrogens (tertiary/aromatic N) is 2. The molecule has 0 fully saturated rings. The Morgan fingerprint density at radius 1 is 1.69 bits per heavy atom. The van der Waals surface area contributed by atoms with Crippen molar-refractivity contribution in [2.45, 2.75) is 26.1 Å². The van der Waals surface area contributed by atoms with Crippen LogP contribution < -0.4 is 0 Å². The van der Waals surface area contributed by atoms with E-state index >= 15 is 0 Å². The topological polar surface area (TPSA) is 17.8 Å². The second-order valence-electron chi connectivity index (χ2n) is 3.34. The van der Waals surface area contributed by atoms with Crippen LogP contribution in [-0.4, -0.2) is 15.2 Å². The number of hydrogen-bond donors (Lipinski definition) is 0. The van der Waals surface area contributed by atoms with Gasteiger partial charge in [-0.15, -0.1) is 11.6 Å². The molecular formula is C10H15ClN2. The highest BCUT2D eigenvalue weighted by Crippen LogP contribution is 2.15. The third kappa shape index (κ3) is 2.34. The Morgan fingerprint density at radius 2 is 2.31 bits per heavy atom. The van der Waals surface area contributed by atoms with Crippen LogP contribution in [0.5, 0.6) is 0 Å². The number of hydrogen-bond acceptors (Lipinski definition) is 1. The second kappa shape index (κ2) is 3.97. The molecule has 1 heterocycles. The molecule has 72 valence electrons. The summed E-state index contributed by atoms with van der Waals surface area (Å²) >= 11 is 5.95. The molecule has 1 rings (SSSR count). The number of alkyl halides is 1. The molecule has 1 aromatic heterocycles. The van der Waals surface area contributed by atoms with E-state index in [9.17, 15) is 0 Å². The van der Waals surface area contributed by atoms with Gasteiger partial charge in [0.1, 0.15) is 0 Å². The first-order chi connectivity index (χ1) is 6.02. The fourth-order valence-electron chi connectivity index (χ4n) is 1.09. The third-order valence-corrected chi connectivity index (χ3v) is 2.51. The summed E-state index contributed by atoms with van der Waals surface area (Å²) in [5.74, 6) is 0. The maximum absolute atomic E-state index is 5.95. The molecule has 0 spiro atoms. The van der Waals surface area contributed by atoms with Gasteiger partial charge in [-0.3, -0.25) is 4.68 Å². The predicted molar refractivity (Wildman–Crippen MR) is 56.9 cm³/mol. The highest BCUT2D eigenvalue weighted by atomic mass is 35.5. The van der Waals surface area contributed by atoms with Crippen LogP contribution in [-0.2, 0) is 7.05 Å². The molecule has 0 aliphatic carbocycles. The first-order valence-corrected chi connectivity index (χ1v) is 4.77. The molecule has 1 unspecified atom stereocenters. The highest BCUT2D eigenvalue weighted by molar-refractivity contribution is 6.22. The molecular weight excluding hydrogens is 184 g/mol. The van der Waals surface area contributed by atoms with Crippen molar-refractivity contribution in [3.8, 4) is 0 Å². The minimum Gasteiger partial charge on any atom is -0.268 e. The Bertz CT molecular complexity index is 304. The van der Waals surface area contributed by atoms with Crippen LogP contribution in [0, 0.1) is 6.92 Å². The van der Waals surface area contributed by atoms with Gasteiger partial charge in [0.05, 0.1) is 17.3 Å². The lowest BCUT2D eigenvalue weighted by Gasteiger charge is -2.03. The van der Waals surface area contributed by atoms with Crippen LogP contribution in [0.3, 0.4) is 0 Å². The normalized spacial score (nSPS) is 14.7. The Labute approximate surface area is 84.2 Å². The first kappa shape index (κ1) is 10.3. The van der Waals surface area contributed by atoms with Gasteiger partial charge in [-0.1, -0.05) is 5.57 Å². The average Bonchev–Trinajstić information content (AvgIpc) is 2.35. The van der Waals surface area contributed by atoms with Crippen LogP contribution in [0.15, 0.2) is 11.8 Å². The van der Waals surface area contributed by atoms with Crippen LogP contribution in [0.2, 0.25) is 0 Å². The van der Waals surface area contributed by atoms with Crippen molar-refractivity contribution in [3.63, 3.8) is 0 Å². The van der Waals surface area contributed by atoms with Crippen molar-refractivity contribution in [3.05, 3.63) is 23.0 Å². The summed E-state index contributed by atoms with van der Waals surface area (Å²) in [6.07, 6.45) is 3.94. The molecule has 0 amide bonds. The van der Waals surface area contributed by atoms with E-state index in [1.54, 1.807) is 0 Å². The van der Waals surface area contributed by atoms with Crippen molar-refractivity contribution in [2.24, 2.45) is 7.05 Å². The maximum Gasteiger partial charge on any atom is 0.0635 e. The van der Waals surface area contributed by atoms with Gasteiger partial charge in [-0.25, -0.2) is 0 Å². The van der Waals surface area contributed by atoms with Gasteiger partial charge < -0.3 is 0 Å². The summed E-state index contributed by atoms with van der Waals surface area (Å²) in [4.78, 5) is 0. The zero-order valence-corrected chi connectivity index (χ0v) is 9.26. The lowest BCUT2D eigenvalue weighted by atomic mass is 10.1. The lowest BCUT2D eigenvalue weighted by molar-refractivity contribution is 0.758. The lowest BCUT2D eigenvalue weighted by Crippen LogP contribution is -1.97. The SMILES string of the molecule is C/C(=C\c1c(C)cnn1C)C(C)Cl. The summed E-state index contributed by atoms with van der Waals surface area (Å²) in [7, 11) is 1.94. The third-order valence-electron chi connectivity index (χ3n) is 2.17. The molecule has 3 heteroatoms. The quantitative estimate of drug-likeness (QED) is 0.669. The number of halogens is 1. The van der Waals surface area contributed by atoms with Crippen molar-refractivity contribution in [2.75, 3.05) is 0 Å². The van der Waals surface area contributed by atoms with Gasteiger partial charge in [0.15, 0.2) is 0 Å². The molecule has 1 aromatic rings. The number of rotatable bonds is 2. The molecule has 0 aromatic carbocycles. The first-order valence-electron chi connectivity index (χ1n) is 4.33. The van der Waals surface area contributed by atoms with E-state index in [4.69, 9.17) is 11.6 Å². The Balaban J connectivity index is 3.03. The number of aryl methyl sites for hydroxylation is 2. The fraction of sp³-hybridized carbons (Fsp3) is 0.500. The summed E-state index contributed by atoms with van der Waals surface area (Å²) in [5, 5.41) is 4.24. The Kier molecular flexibility index (Phi) is 3.15. The van der Waals surface area contributed by atoms with Crippen molar-refractivity contribution in [1.82, 2.24) is 9.78 Å². The average molecular weight is 199 g/mol. The van der Waals surface area contributed by atoms with Gasteiger partial charge >= 0.3 is 0 Å². The van der Waals surface area contributed by atoms with E-state index in [0.717, 1.165) is 11.3 Å². The summed E-state index contributed by atoms with van der Waals surface area (Å²) in [5.41, 5.74) is 3.47. The minimum absolute atomic E-state index is 0.0781. The Morgan fingerprint density at radius 3 is 2.69 bits per heavy atom. The Hall–Kier alpha value is -0.760. The minimum atomic E-state index is 0.0781. The summed E-state index contributed by atoms with van der Waals surface area (Å²) < 4.78 is 1.86.